The number of hydrogen-bond donors (Lipinski definition) is 2. The second-order valence-corrected chi connectivity index (χ2v) is 7.47. The van der Waals surface area contributed by atoms with Crippen LogP contribution in [0, 0.1) is 10.1 Å². The fourth-order valence-corrected chi connectivity index (χ4v) is 3.71. The highest BCUT2D eigenvalue weighted by molar-refractivity contribution is 5.98. The van der Waals surface area contributed by atoms with Crippen molar-refractivity contribution in [1.29, 1.82) is 0 Å². The van der Waals surface area contributed by atoms with Gasteiger partial charge in [0.25, 0.3) is 11.6 Å². The van der Waals surface area contributed by atoms with E-state index >= 15 is 0 Å². The summed E-state index contributed by atoms with van der Waals surface area (Å²) in [7, 11) is 0. The molecule has 6 nitrogen and oxygen atoms in total. The second-order valence-electron chi connectivity index (χ2n) is 7.47. The number of nitro benzene ring substituents is 1. The van der Waals surface area contributed by atoms with Crippen LogP contribution < -0.4 is 10.6 Å². The minimum absolute atomic E-state index is 0.0160. The molecule has 1 aromatic carbocycles. The van der Waals surface area contributed by atoms with E-state index in [0.717, 1.165) is 12.8 Å². The summed E-state index contributed by atoms with van der Waals surface area (Å²) in [4.78, 5) is 23.0. The van der Waals surface area contributed by atoms with Gasteiger partial charge in [-0.1, -0.05) is 12.1 Å². The van der Waals surface area contributed by atoms with Crippen LogP contribution in [-0.2, 0) is 0 Å². The molecule has 6 heteroatoms. The Labute approximate surface area is 130 Å². The molecule has 1 fully saturated rings. The Morgan fingerprint density at radius 2 is 1.77 bits per heavy atom. The van der Waals surface area contributed by atoms with Gasteiger partial charge in [-0.25, -0.2) is 0 Å². The number of carbonyl (C=O) groups excluding carboxylic acids is 1. The van der Waals surface area contributed by atoms with E-state index in [9.17, 15) is 14.9 Å². The predicted molar refractivity (Wildman–Crippen MR) is 83.7 cm³/mol. The van der Waals surface area contributed by atoms with E-state index in [1.807, 2.05) is 0 Å². The highest BCUT2D eigenvalue weighted by Crippen LogP contribution is 2.23. The normalized spacial score (nSPS) is 20.4. The highest BCUT2D eigenvalue weighted by atomic mass is 16.6. The number of nitrogens with one attached hydrogen (secondary N) is 1. The molecule has 1 heterocycles. The molecule has 3 N–H and O–H groups in total. The summed E-state index contributed by atoms with van der Waals surface area (Å²) in [6.07, 6.45) is 1.67. The lowest BCUT2D eigenvalue weighted by atomic mass is 9.79. The first-order valence-corrected chi connectivity index (χ1v) is 7.51. The molecule has 0 bridgehead atoms. The van der Waals surface area contributed by atoms with Crippen molar-refractivity contribution < 1.29 is 15.0 Å². The monoisotopic (exact) mass is 306 g/mol. The van der Waals surface area contributed by atoms with Crippen LogP contribution >= 0.6 is 0 Å². The maximum atomic E-state index is 12.4. The van der Waals surface area contributed by atoms with Gasteiger partial charge in [0.2, 0.25) is 0 Å². The van der Waals surface area contributed by atoms with E-state index in [1.54, 1.807) is 12.1 Å². The van der Waals surface area contributed by atoms with Crippen molar-refractivity contribution in [3.05, 3.63) is 39.9 Å². The minimum atomic E-state index is -0.516. The first-order chi connectivity index (χ1) is 10.1. The molecule has 1 amide bonds. The van der Waals surface area contributed by atoms with Crippen molar-refractivity contribution in [1.82, 2.24) is 5.32 Å². The first-order valence-electron chi connectivity index (χ1n) is 7.51. The molecular weight excluding hydrogens is 282 g/mol. The van der Waals surface area contributed by atoms with Crippen LogP contribution in [0.3, 0.4) is 0 Å². The van der Waals surface area contributed by atoms with Crippen LogP contribution in [0.15, 0.2) is 24.3 Å². The first kappa shape index (κ1) is 16.4. The Kier molecular flexibility index (Phi) is 4.24. The van der Waals surface area contributed by atoms with E-state index in [2.05, 4.69) is 38.3 Å². The van der Waals surface area contributed by atoms with E-state index in [1.165, 1.54) is 12.1 Å². The Morgan fingerprint density at radius 1 is 1.23 bits per heavy atom. The van der Waals surface area contributed by atoms with Gasteiger partial charge in [0.15, 0.2) is 0 Å². The number of nitrogens with two attached hydrogens (primary N) is 1. The zero-order valence-electron chi connectivity index (χ0n) is 13.6. The smallest absolute Gasteiger partial charge is 0.282 e. The zero-order chi connectivity index (χ0) is 16.5. The van der Waals surface area contributed by atoms with Gasteiger partial charge in [0.1, 0.15) is 5.56 Å². The number of rotatable bonds is 3. The number of carbonyl (C=O) groups is 1. The molecule has 120 valence electrons. The Bertz CT molecular complexity index is 580. The van der Waals surface area contributed by atoms with Crippen LogP contribution in [0.2, 0.25) is 0 Å². The number of quaternary nitrogens is 1. The summed E-state index contributed by atoms with van der Waals surface area (Å²) in [5, 5.41) is 16.4. The summed E-state index contributed by atoms with van der Waals surface area (Å²) in [6, 6.07) is 6.08. The van der Waals surface area contributed by atoms with Crippen molar-refractivity contribution in [2.45, 2.75) is 57.7 Å². The fourth-order valence-electron chi connectivity index (χ4n) is 3.71. The molecule has 0 unspecified atom stereocenters. The van der Waals surface area contributed by atoms with E-state index in [0.29, 0.717) is 0 Å². The molecule has 0 aliphatic carbocycles. The number of piperidine rings is 1. The van der Waals surface area contributed by atoms with Crippen LogP contribution in [0.25, 0.3) is 0 Å². The molecule has 1 aliphatic heterocycles. The van der Waals surface area contributed by atoms with Gasteiger partial charge < -0.3 is 10.6 Å². The lowest BCUT2D eigenvalue weighted by molar-refractivity contribution is -0.787. The second kappa shape index (κ2) is 5.68. The van der Waals surface area contributed by atoms with Crippen LogP contribution in [0.5, 0.6) is 0 Å². The highest BCUT2D eigenvalue weighted by Gasteiger charge is 2.42. The van der Waals surface area contributed by atoms with Gasteiger partial charge in [-0.3, -0.25) is 14.9 Å². The Balaban J connectivity index is 2.17. The van der Waals surface area contributed by atoms with Crippen molar-refractivity contribution in [3.8, 4) is 0 Å². The Hall–Kier alpha value is -1.95. The van der Waals surface area contributed by atoms with E-state index in [-0.39, 0.29) is 34.3 Å². The number of amides is 1. The molecule has 1 aromatic rings. The van der Waals surface area contributed by atoms with Crippen molar-refractivity contribution in [2.24, 2.45) is 0 Å². The maximum absolute atomic E-state index is 12.4. The average molecular weight is 306 g/mol. The summed E-state index contributed by atoms with van der Waals surface area (Å²) in [6.45, 7) is 8.60. The lowest BCUT2D eigenvalue weighted by Crippen LogP contribution is -3.06. The standard InChI is InChI=1S/C16H23N3O3/c1-15(2)9-11(10-16(3,4)18-15)17-14(20)12-7-5-6-8-13(12)19(21)22/h5-8,11,18H,9-10H2,1-4H3,(H,17,20)/p+1. The summed E-state index contributed by atoms with van der Waals surface area (Å²) in [5.41, 5.74) is 0.0310. The van der Waals surface area contributed by atoms with Gasteiger partial charge >= 0.3 is 0 Å². The van der Waals surface area contributed by atoms with Gasteiger partial charge in [-0.05, 0) is 33.8 Å². The number of hydrogen-bond acceptors (Lipinski definition) is 3. The van der Waals surface area contributed by atoms with E-state index in [4.69, 9.17) is 0 Å². The van der Waals surface area contributed by atoms with Crippen molar-refractivity contribution in [2.75, 3.05) is 0 Å². The van der Waals surface area contributed by atoms with Crippen molar-refractivity contribution >= 4 is 11.6 Å². The van der Waals surface area contributed by atoms with Crippen LogP contribution in [0.4, 0.5) is 5.69 Å². The number of nitro groups is 1. The lowest BCUT2D eigenvalue weighted by Gasteiger charge is -2.43. The number of benzene rings is 1. The fraction of sp³-hybridized carbons (Fsp3) is 0.562. The molecule has 0 saturated carbocycles. The minimum Gasteiger partial charge on any atom is -0.349 e. The summed E-state index contributed by atoms with van der Waals surface area (Å²) >= 11 is 0. The third kappa shape index (κ3) is 3.82. The topological polar surface area (TPSA) is 88.8 Å². The molecule has 0 radical (unpaired) electrons. The molecular formula is C16H24N3O3+. The average Bonchev–Trinajstić information content (AvgIpc) is 2.34. The number of nitrogens with zero attached hydrogens (tertiary/aromatic N) is 1. The quantitative estimate of drug-likeness (QED) is 0.657. The van der Waals surface area contributed by atoms with Crippen LogP contribution in [-0.4, -0.2) is 28.0 Å². The molecule has 1 saturated heterocycles. The van der Waals surface area contributed by atoms with E-state index < -0.39 is 4.92 Å². The molecule has 0 atom stereocenters. The van der Waals surface area contributed by atoms with Gasteiger partial charge in [0.05, 0.1) is 16.0 Å². The Morgan fingerprint density at radius 3 is 2.32 bits per heavy atom. The summed E-state index contributed by atoms with van der Waals surface area (Å²) < 4.78 is 0. The SMILES string of the molecule is CC1(C)CC(NC(=O)c2ccccc2[N+](=O)[O-])CC(C)(C)[NH2+]1. The maximum Gasteiger partial charge on any atom is 0.282 e. The third-order valence-electron chi connectivity index (χ3n) is 4.01. The molecule has 0 spiro atoms. The molecule has 1 aliphatic rings. The third-order valence-corrected chi connectivity index (χ3v) is 4.01. The largest absolute Gasteiger partial charge is 0.349 e. The van der Waals surface area contributed by atoms with Gasteiger partial charge in [-0.2, -0.15) is 0 Å². The molecule has 2 rings (SSSR count). The summed E-state index contributed by atoms with van der Waals surface area (Å²) in [5.74, 6) is -0.370. The predicted octanol–water partition coefficient (Wildman–Crippen LogP) is 1.61. The molecule has 22 heavy (non-hydrogen) atoms. The van der Waals surface area contributed by atoms with Crippen molar-refractivity contribution in [3.63, 3.8) is 0 Å². The number of para-hydroxylation sites is 1. The van der Waals surface area contributed by atoms with Gasteiger partial charge in [-0.15, -0.1) is 0 Å². The van der Waals surface area contributed by atoms with Gasteiger partial charge in [0, 0.05) is 24.9 Å². The van der Waals surface area contributed by atoms with Crippen LogP contribution in [0.1, 0.15) is 50.9 Å². The molecule has 0 aromatic heterocycles. The zero-order valence-corrected chi connectivity index (χ0v) is 13.6.